The van der Waals surface area contributed by atoms with Crippen molar-refractivity contribution < 1.29 is 4.74 Å². The van der Waals surface area contributed by atoms with Crippen LogP contribution in [0.15, 0.2) is 22.7 Å². The minimum Gasteiger partial charge on any atom is -0.496 e. The molecular formula is C17H25BrN2O. The summed E-state index contributed by atoms with van der Waals surface area (Å²) >= 11 is 3.58. The highest BCUT2D eigenvalue weighted by Crippen LogP contribution is 2.39. The molecule has 2 saturated carbocycles. The Morgan fingerprint density at radius 3 is 2.33 bits per heavy atom. The Hall–Kier alpha value is -0.580. The highest BCUT2D eigenvalue weighted by Gasteiger charge is 2.33. The second kappa shape index (κ2) is 6.67. The molecule has 1 atom stereocenters. The van der Waals surface area contributed by atoms with Gasteiger partial charge >= 0.3 is 0 Å². The Balaban J connectivity index is 1.84. The van der Waals surface area contributed by atoms with E-state index in [1.807, 2.05) is 12.1 Å². The maximum absolute atomic E-state index is 6.16. The van der Waals surface area contributed by atoms with E-state index >= 15 is 0 Å². The molecule has 116 valence electrons. The van der Waals surface area contributed by atoms with Crippen molar-refractivity contribution >= 4 is 15.9 Å². The van der Waals surface area contributed by atoms with Crippen LogP contribution in [-0.4, -0.2) is 31.6 Å². The number of methoxy groups -OCH3 is 1. The van der Waals surface area contributed by atoms with Gasteiger partial charge in [-0.15, -0.1) is 0 Å². The van der Waals surface area contributed by atoms with E-state index in [4.69, 9.17) is 10.5 Å². The highest BCUT2D eigenvalue weighted by molar-refractivity contribution is 9.10. The Morgan fingerprint density at radius 2 is 1.86 bits per heavy atom. The summed E-state index contributed by atoms with van der Waals surface area (Å²) in [5.74, 6) is 2.72. The van der Waals surface area contributed by atoms with Crippen LogP contribution in [0.3, 0.4) is 0 Å². The first-order valence-corrected chi connectivity index (χ1v) is 8.78. The predicted molar refractivity (Wildman–Crippen MR) is 89.5 cm³/mol. The lowest BCUT2D eigenvalue weighted by Crippen LogP contribution is -2.37. The van der Waals surface area contributed by atoms with Gasteiger partial charge in [0.1, 0.15) is 5.75 Å². The Kier molecular flexibility index (Phi) is 4.87. The van der Waals surface area contributed by atoms with Gasteiger partial charge in [-0.2, -0.15) is 0 Å². The molecule has 0 heterocycles. The van der Waals surface area contributed by atoms with Gasteiger partial charge in [-0.05, 0) is 55.7 Å². The minimum absolute atomic E-state index is 0.263. The van der Waals surface area contributed by atoms with Crippen LogP contribution in [0.5, 0.6) is 5.75 Å². The smallest absolute Gasteiger partial charge is 0.123 e. The summed E-state index contributed by atoms with van der Waals surface area (Å²) in [4.78, 5) is 2.61. The molecule has 2 aliphatic carbocycles. The molecule has 1 aromatic rings. The number of ether oxygens (including phenoxy) is 1. The van der Waals surface area contributed by atoms with E-state index in [2.05, 4.69) is 26.9 Å². The first kappa shape index (κ1) is 15.3. The summed E-state index contributed by atoms with van der Waals surface area (Å²) in [7, 11) is 1.74. The predicted octanol–water partition coefficient (Wildman–Crippen LogP) is 3.58. The SMILES string of the molecule is COc1ccc(Br)cc1C(CN)N(CC1CC1)CC1CC1. The highest BCUT2D eigenvalue weighted by atomic mass is 79.9. The summed E-state index contributed by atoms with van der Waals surface area (Å²) in [6.07, 6.45) is 5.53. The van der Waals surface area contributed by atoms with Crippen LogP contribution in [-0.2, 0) is 0 Å². The van der Waals surface area contributed by atoms with Crippen molar-refractivity contribution in [2.75, 3.05) is 26.7 Å². The molecule has 21 heavy (non-hydrogen) atoms. The van der Waals surface area contributed by atoms with E-state index < -0.39 is 0 Å². The number of benzene rings is 1. The summed E-state index contributed by atoms with van der Waals surface area (Å²) in [6.45, 7) is 3.02. The average molecular weight is 353 g/mol. The molecule has 0 amide bonds. The van der Waals surface area contributed by atoms with Gasteiger partial charge < -0.3 is 10.5 Å². The number of hydrogen-bond donors (Lipinski definition) is 1. The van der Waals surface area contributed by atoms with Gasteiger partial charge in [-0.25, -0.2) is 0 Å². The quantitative estimate of drug-likeness (QED) is 0.776. The summed E-state index contributed by atoms with van der Waals surface area (Å²) < 4.78 is 6.66. The van der Waals surface area contributed by atoms with Crippen LogP contribution in [0.1, 0.15) is 37.3 Å². The molecule has 3 rings (SSSR count). The standard InChI is InChI=1S/C17H25BrN2O/c1-21-17-7-6-14(18)8-15(17)16(9-19)20(10-12-2-3-12)11-13-4-5-13/h6-8,12-13,16H,2-5,9-11,19H2,1H3. The lowest BCUT2D eigenvalue weighted by molar-refractivity contribution is 0.181. The summed E-state index contributed by atoms with van der Waals surface area (Å²) in [5, 5.41) is 0. The van der Waals surface area contributed by atoms with Gasteiger partial charge in [-0.1, -0.05) is 15.9 Å². The van der Waals surface area contributed by atoms with E-state index in [1.165, 1.54) is 44.3 Å². The molecule has 2 N–H and O–H groups in total. The zero-order chi connectivity index (χ0) is 14.8. The lowest BCUT2D eigenvalue weighted by atomic mass is 10.0. The fraction of sp³-hybridized carbons (Fsp3) is 0.647. The van der Waals surface area contributed by atoms with E-state index in [0.29, 0.717) is 6.54 Å². The molecule has 4 heteroatoms. The number of halogens is 1. The van der Waals surface area contributed by atoms with Gasteiger partial charge in [0.15, 0.2) is 0 Å². The molecule has 0 aromatic heterocycles. The number of rotatable bonds is 8. The average Bonchev–Trinajstić information content (AvgIpc) is 3.36. The van der Waals surface area contributed by atoms with Crippen LogP contribution < -0.4 is 10.5 Å². The van der Waals surface area contributed by atoms with Crippen molar-refractivity contribution in [3.8, 4) is 5.75 Å². The van der Waals surface area contributed by atoms with Gasteiger partial charge in [0, 0.05) is 29.7 Å². The van der Waals surface area contributed by atoms with Crippen LogP contribution in [0.4, 0.5) is 0 Å². The van der Waals surface area contributed by atoms with Crippen LogP contribution in [0.2, 0.25) is 0 Å². The largest absolute Gasteiger partial charge is 0.496 e. The van der Waals surface area contributed by atoms with Crippen molar-refractivity contribution in [1.82, 2.24) is 4.90 Å². The van der Waals surface area contributed by atoms with Gasteiger partial charge in [-0.3, -0.25) is 4.90 Å². The third-order valence-corrected chi connectivity index (χ3v) is 5.09. The molecular weight excluding hydrogens is 328 g/mol. The molecule has 0 spiro atoms. The van der Waals surface area contributed by atoms with Crippen molar-refractivity contribution in [2.45, 2.75) is 31.7 Å². The normalized spacial score (nSPS) is 19.8. The second-order valence-electron chi connectivity index (χ2n) is 6.48. The molecule has 0 radical (unpaired) electrons. The zero-order valence-electron chi connectivity index (χ0n) is 12.7. The summed E-state index contributed by atoms with van der Waals surface area (Å²) in [6, 6.07) is 6.50. The maximum Gasteiger partial charge on any atom is 0.123 e. The van der Waals surface area contributed by atoms with Crippen molar-refractivity contribution in [3.63, 3.8) is 0 Å². The van der Waals surface area contributed by atoms with Gasteiger partial charge in [0.05, 0.1) is 13.2 Å². The fourth-order valence-corrected chi connectivity index (χ4v) is 3.41. The van der Waals surface area contributed by atoms with Crippen LogP contribution in [0, 0.1) is 11.8 Å². The number of hydrogen-bond acceptors (Lipinski definition) is 3. The first-order valence-electron chi connectivity index (χ1n) is 7.98. The topological polar surface area (TPSA) is 38.5 Å². The monoisotopic (exact) mass is 352 g/mol. The molecule has 2 fully saturated rings. The molecule has 2 aliphatic rings. The molecule has 1 aromatic carbocycles. The van der Waals surface area contributed by atoms with Crippen molar-refractivity contribution in [1.29, 1.82) is 0 Å². The number of nitrogens with zero attached hydrogens (tertiary/aromatic N) is 1. The van der Waals surface area contributed by atoms with E-state index in [0.717, 1.165) is 22.1 Å². The van der Waals surface area contributed by atoms with E-state index in [9.17, 15) is 0 Å². The third-order valence-electron chi connectivity index (χ3n) is 4.59. The Morgan fingerprint density at radius 1 is 1.24 bits per heavy atom. The lowest BCUT2D eigenvalue weighted by Gasteiger charge is -2.32. The third kappa shape index (κ3) is 3.99. The minimum atomic E-state index is 0.263. The molecule has 0 saturated heterocycles. The first-order chi connectivity index (χ1) is 10.2. The van der Waals surface area contributed by atoms with E-state index in [1.54, 1.807) is 7.11 Å². The van der Waals surface area contributed by atoms with Gasteiger partial charge in [0.25, 0.3) is 0 Å². The van der Waals surface area contributed by atoms with Crippen molar-refractivity contribution in [3.05, 3.63) is 28.2 Å². The number of nitrogens with two attached hydrogens (primary N) is 1. The fourth-order valence-electron chi connectivity index (χ4n) is 3.03. The Labute approximate surface area is 136 Å². The second-order valence-corrected chi connectivity index (χ2v) is 7.39. The summed E-state index contributed by atoms with van der Waals surface area (Å²) in [5.41, 5.74) is 7.38. The molecule has 1 unspecified atom stereocenters. The Bertz CT molecular complexity index is 472. The van der Waals surface area contributed by atoms with Crippen molar-refractivity contribution in [2.24, 2.45) is 17.6 Å². The molecule has 0 aliphatic heterocycles. The van der Waals surface area contributed by atoms with Gasteiger partial charge in [0.2, 0.25) is 0 Å². The van der Waals surface area contributed by atoms with E-state index in [-0.39, 0.29) is 6.04 Å². The molecule has 3 nitrogen and oxygen atoms in total. The maximum atomic E-state index is 6.16. The molecule has 0 bridgehead atoms. The zero-order valence-corrected chi connectivity index (χ0v) is 14.3. The van der Waals surface area contributed by atoms with Crippen LogP contribution >= 0.6 is 15.9 Å². The van der Waals surface area contributed by atoms with Crippen LogP contribution in [0.25, 0.3) is 0 Å².